The standard InChI is InChI=1S/C10H15N3O/c1-3-11-10-12-9(6-13(10)4-1)8-2-5-14-7-8/h6,8H,1-5,7H2,(H,11,12). The molecule has 1 fully saturated rings. The number of imidazole rings is 1. The molecule has 1 aromatic rings. The van der Waals surface area contributed by atoms with Crippen LogP contribution in [0.3, 0.4) is 0 Å². The first-order valence-corrected chi connectivity index (χ1v) is 5.32. The first-order chi connectivity index (χ1) is 6.93. The summed E-state index contributed by atoms with van der Waals surface area (Å²) in [5.74, 6) is 1.56. The van der Waals surface area contributed by atoms with Gasteiger partial charge in [0.15, 0.2) is 0 Å². The van der Waals surface area contributed by atoms with Crippen LogP contribution in [0, 0.1) is 0 Å². The van der Waals surface area contributed by atoms with Gasteiger partial charge in [-0.3, -0.25) is 0 Å². The van der Waals surface area contributed by atoms with Gasteiger partial charge in [0.2, 0.25) is 5.95 Å². The van der Waals surface area contributed by atoms with Crippen molar-refractivity contribution in [2.24, 2.45) is 0 Å². The Hall–Kier alpha value is -1.03. The second-order valence-corrected chi connectivity index (χ2v) is 4.02. The Kier molecular flexibility index (Phi) is 1.94. The molecule has 1 atom stereocenters. The maximum absolute atomic E-state index is 5.37. The Morgan fingerprint density at radius 1 is 1.57 bits per heavy atom. The third-order valence-corrected chi connectivity index (χ3v) is 3.00. The van der Waals surface area contributed by atoms with Crippen LogP contribution in [-0.2, 0) is 11.3 Å². The second-order valence-electron chi connectivity index (χ2n) is 4.02. The number of nitrogens with one attached hydrogen (secondary N) is 1. The quantitative estimate of drug-likeness (QED) is 0.728. The van der Waals surface area contributed by atoms with E-state index in [1.54, 1.807) is 0 Å². The molecule has 0 amide bonds. The Morgan fingerprint density at radius 2 is 2.57 bits per heavy atom. The molecular weight excluding hydrogens is 178 g/mol. The number of aryl methyl sites for hydroxylation is 1. The van der Waals surface area contributed by atoms with Crippen molar-refractivity contribution in [1.82, 2.24) is 9.55 Å². The molecule has 3 heterocycles. The highest BCUT2D eigenvalue weighted by Crippen LogP contribution is 2.26. The zero-order valence-corrected chi connectivity index (χ0v) is 8.20. The summed E-state index contributed by atoms with van der Waals surface area (Å²) in [7, 11) is 0. The van der Waals surface area contributed by atoms with Crippen molar-refractivity contribution in [1.29, 1.82) is 0 Å². The molecule has 2 aliphatic rings. The predicted molar refractivity (Wildman–Crippen MR) is 53.5 cm³/mol. The number of fused-ring (bicyclic) bond motifs is 1. The third kappa shape index (κ3) is 1.30. The van der Waals surface area contributed by atoms with Crippen LogP contribution in [0.15, 0.2) is 6.20 Å². The topological polar surface area (TPSA) is 39.1 Å². The van der Waals surface area contributed by atoms with Crippen molar-refractivity contribution in [3.63, 3.8) is 0 Å². The summed E-state index contributed by atoms with van der Waals surface area (Å²) in [5.41, 5.74) is 1.20. The number of anilines is 1. The van der Waals surface area contributed by atoms with Crippen LogP contribution in [0.5, 0.6) is 0 Å². The van der Waals surface area contributed by atoms with Gasteiger partial charge in [0.05, 0.1) is 12.3 Å². The van der Waals surface area contributed by atoms with Gasteiger partial charge in [-0.2, -0.15) is 0 Å². The number of nitrogens with zero attached hydrogens (tertiary/aromatic N) is 2. The monoisotopic (exact) mass is 193 g/mol. The van der Waals surface area contributed by atoms with Crippen LogP contribution in [0.4, 0.5) is 5.95 Å². The molecule has 1 saturated heterocycles. The molecule has 4 nitrogen and oxygen atoms in total. The molecule has 1 N–H and O–H groups in total. The van der Waals surface area contributed by atoms with E-state index in [-0.39, 0.29) is 0 Å². The van der Waals surface area contributed by atoms with E-state index in [1.807, 2.05) is 0 Å². The van der Waals surface area contributed by atoms with Crippen molar-refractivity contribution in [2.45, 2.75) is 25.3 Å². The van der Waals surface area contributed by atoms with Crippen LogP contribution in [0.1, 0.15) is 24.5 Å². The van der Waals surface area contributed by atoms with Gasteiger partial charge in [-0.1, -0.05) is 0 Å². The van der Waals surface area contributed by atoms with Crippen LogP contribution in [0.25, 0.3) is 0 Å². The Bertz CT molecular complexity index is 305. The highest BCUT2D eigenvalue weighted by Gasteiger charge is 2.22. The summed E-state index contributed by atoms with van der Waals surface area (Å²) in [4.78, 5) is 4.60. The third-order valence-electron chi connectivity index (χ3n) is 3.00. The molecular formula is C10H15N3O. The van der Waals surface area contributed by atoms with Crippen molar-refractivity contribution in [2.75, 3.05) is 25.1 Å². The lowest BCUT2D eigenvalue weighted by Gasteiger charge is -2.14. The number of aromatic nitrogens is 2. The minimum atomic E-state index is 0.523. The normalized spacial score (nSPS) is 25.9. The summed E-state index contributed by atoms with van der Waals surface area (Å²) < 4.78 is 7.59. The van der Waals surface area contributed by atoms with E-state index in [1.165, 1.54) is 12.1 Å². The fourth-order valence-electron chi connectivity index (χ4n) is 2.16. The summed E-state index contributed by atoms with van der Waals surface area (Å²) in [6.45, 7) is 3.89. The van der Waals surface area contributed by atoms with Gasteiger partial charge >= 0.3 is 0 Å². The van der Waals surface area contributed by atoms with Crippen LogP contribution in [-0.4, -0.2) is 29.3 Å². The van der Waals surface area contributed by atoms with Gasteiger partial charge < -0.3 is 14.6 Å². The van der Waals surface area contributed by atoms with Crippen LogP contribution < -0.4 is 5.32 Å². The van der Waals surface area contributed by atoms with Crippen LogP contribution >= 0.6 is 0 Å². The zero-order valence-electron chi connectivity index (χ0n) is 8.20. The zero-order chi connectivity index (χ0) is 9.38. The summed E-state index contributed by atoms with van der Waals surface area (Å²) in [6.07, 6.45) is 4.50. The lowest BCUT2D eigenvalue weighted by Crippen LogP contribution is -2.16. The fraction of sp³-hybridized carbons (Fsp3) is 0.700. The van der Waals surface area contributed by atoms with E-state index in [0.29, 0.717) is 5.92 Å². The lowest BCUT2D eigenvalue weighted by atomic mass is 10.1. The molecule has 4 heteroatoms. The predicted octanol–water partition coefficient (Wildman–Crippen LogP) is 1.20. The number of ether oxygens (including phenoxy) is 1. The number of hydrogen-bond donors (Lipinski definition) is 1. The molecule has 3 rings (SSSR count). The highest BCUT2D eigenvalue weighted by molar-refractivity contribution is 5.32. The maximum Gasteiger partial charge on any atom is 0.203 e. The van der Waals surface area contributed by atoms with Crippen LogP contribution in [0.2, 0.25) is 0 Å². The van der Waals surface area contributed by atoms with Crippen molar-refractivity contribution < 1.29 is 4.74 Å². The average Bonchev–Trinajstić information content (AvgIpc) is 2.86. The lowest BCUT2D eigenvalue weighted by molar-refractivity contribution is 0.193. The van der Waals surface area contributed by atoms with Gasteiger partial charge in [0.25, 0.3) is 0 Å². The van der Waals surface area contributed by atoms with E-state index < -0.39 is 0 Å². The van der Waals surface area contributed by atoms with Gasteiger partial charge in [0.1, 0.15) is 0 Å². The van der Waals surface area contributed by atoms with Gasteiger partial charge in [-0.25, -0.2) is 4.98 Å². The molecule has 0 spiro atoms. The van der Waals surface area contributed by atoms with Gasteiger partial charge in [-0.15, -0.1) is 0 Å². The van der Waals surface area contributed by atoms with Gasteiger partial charge in [-0.05, 0) is 12.8 Å². The Balaban J connectivity index is 1.87. The average molecular weight is 193 g/mol. The molecule has 2 aliphatic heterocycles. The molecule has 0 saturated carbocycles. The van der Waals surface area contributed by atoms with Gasteiger partial charge in [0, 0.05) is 31.8 Å². The minimum absolute atomic E-state index is 0.523. The van der Waals surface area contributed by atoms with Crippen molar-refractivity contribution in [3.8, 4) is 0 Å². The van der Waals surface area contributed by atoms with Crippen molar-refractivity contribution >= 4 is 5.95 Å². The largest absolute Gasteiger partial charge is 0.381 e. The minimum Gasteiger partial charge on any atom is -0.381 e. The molecule has 0 radical (unpaired) electrons. The SMILES string of the molecule is c1c(C2CCOC2)nc2n1CCCN2. The second kappa shape index (κ2) is 3.28. The first-order valence-electron chi connectivity index (χ1n) is 5.32. The summed E-state index contributed by atoms with van der Waals surface area (Å²) >= 11 is 0. The Morgan fingerprint density at radius 3 is 3.36 bits per heavy atom. The van der Waals surface area contributed by atoms with Crippen molar-refractivity contribution in [3.05, 3.63) is 11.9 Å². The fourth-order valence-corrected chi connectivity index (χ4v) is 2.16. The maximum atomic E-state index is 5.37. The van der Waals surface area contributed by atoms with E-state index in [2.05, 4.69) is 21.1 Å². The summed E-state index contributed by atoms with van der Waals surface area (Å²) in [5, 5.41) is 3.32. The molecule has 14 heavy (non-hydrogen) atoms. The Labute approximate surface area is 83.3 Å². The number of hydrogen-bond acceptors (Lipinski definition) is 3. The summed E-state index contributed by atoms with van der Waals surface area (Å²) in [6, 6.07) is 0. The molecule has 1 unspecified atom stereocenters. The van der Waals surface area contributed by atoms with E-state index in [0.717, 1.165) is 38.7 Å². The van der Waals surface area contributed by atoms with E-state index >= 15 is 0 Å². The first kappa shape index (κ1) is 8.29. The molecule has 0 aromatic carbocycles. The molecule has 0 bridgehead atoms. The molecule has 1 aromatic heterocycles. The highest BCUT2D eigenvalue weighted by atomic mass is 16.5. The molecule has 0 aliphatic carbocycles. The number of rotatable bonds is 1. The smallest absolute Gasteiger partial charge is 0.203 e. The van der Waals surface area contributed by atoms with E-state index in [4.69, 9.17) is 4.74 Å². The molecule has 76 valence electrons. The van der Waals surface area contributed by atoms with E-state index in [9.17, 15) is 0 Å².